The summed E-state index contributed by atoms with van der Waals surface area (Å²) in [5.41, 5.74) is -2.30. The van der Waals surface area contributed by atoms with Crippen molar-refractivity contribution in [1.29, 1.82) is 0 Å². The molecule has 1 saturated heterocycles. The number of nitrogens with zero attached hydrogens (tertiary/aromatic N) is 2. The van der Waals surface area contributed by atoms with Gasteiger partial charge in [-0.25, -0.2) is 4.39 Å². The Bertz CT molecular complexity index is 1330. The second kappa shape index (κ2) is 9.07. The SMILES string of the molecule is O=C(N[C@@H]1CS(O)(O)C[C@@H]1O)c1cc(-c2ccc(C(F)(F)F)cc2)nn(-c2cccc(F)c2)c1=O. The van der Waals surface area contributed by atoms with E-state index in [1.165, 1.54) is 12.1 Å². The highest BCUT2D eigenvalue weighted by Gasteiger charge is 2.38. The number of aliphatic hydroxyl groups excluding tert-OH is 1. The molecule has 0 aliphatic carbocycles. The van der Waals surface area contributed by atoms with Gasteiger partial charge in [0, 0.05) is 5.56 Å². The van der Waals surface area contributed by atoms with Gasteiger partial charge in [-0.3, -0.25) is 18.7 Å². The summed E-state index contributed by atoms with van der Waals surface area (Å²) in [7, 11) is -3.10. The third-order valence-electron chi connectivity index (χ3n) is 5.38. The Morgan fingerprint density at radius 2 is 1.77 bits per heavy atom. The first-order valence-corrected chi connectivity index (χ1v) is 12.0. The number of carbonyl (C=O) groups excluding carboxylic acids is 1. The zero-order valence-electron chi connectivity index (χ0n) is 17.7. The number of rotatable bonds is 4. The summed E-state index contributed by atoms with van der Waals surface area (Å²) in [6.07, 6.45) is -5.83. The molecule has 1 aromatic heterocycles. The van der Waals surface area contributed by atoms with Crippen molar-refractivity contribution in [2.24, 2.45) is 0 Å². The van der Waals surface area contributed by atoms with Crippen molar-refractivity contribution in [2.75, 3.05) is 11.5 Å². The lowest BCUT2D eigenvalue weighted by atomic mass is 10.1. The Balaban J connectivity index is 1.79. The monoisotopic (exact) mass is 513 g/mol. The average molecular weight is 513 g/mol. The molecule has 2 atom stereocenters. The number of carbonyl (C=O) groups is 1. The molecule has 4 N–H and O–H groups in total. The van der Waals surface area contributed by atoms with Crippen LogP contribution in [0, 0.1) is 5.82 Å². The van der Waals surface area contributed by atoms with Crippen molar-refractivity contribution in [1.82, 2.24) is 15.1 Å². The number of amides is 1. The third kappa shape index (κ3) is 5.37. The molecule has 0 saturated carbocycles. The first-order chi connectivity index (χ1) is 16.3. The Labute approximate surface area is 197 Å². The summed E-state index contributed by atoms with van der Waals surface area (Å²) in [5.74, 6) is -2.31. The number of aliphatic hydroxyl groups is 1. The van der Waals surface area contributed by atoms with Gasteiger partial charge in [0.1, 0.15) is 11.4 Å². The highest BCUT2D eigenvalue weighted by atomic mass is 32.3. The quantitative estimate of drug-likeness (QED) is 0.397. The highest BCUT2D eigenvalue weighted by molar-refractivity contribution is 8.24. The molecule has 0 spiro atoms. The summed E-state index contributed by atoms with van der Waals surface area (Å²) >= 11 is 0. The van der Waals surface area contributed by atoms with Crippen LogP contribution in [0.1, 0.15) is 15.9 Å². The Morgan fingerprint density at radius 3 is 2.34 bits per heavy atom. The Hall–Kier alpha value is -3.26. The van der Waals surface area contributed by atoms with Crippen LogP contribution >= 0.6 is 10.6 Å². The molecule has 1 aliphatic heterocycles. The lowest BCUT2D eigenvalue weighted by Gasteiger charge is -2.25. The molecule has 0 bridgehead atoms. The summed E-state index contributed by atoms with van der Waals surface area (Å²) in [5, 5.41) is 16.5. The second-order valence-corrected chi connectivity index (χ2v) is 10.3. The van der Waals surface area contributed by atoms with Crippen molar-refractivity contribution < 1.29 is 36.6 Å². The smallest absolute Gasteiger partial charge is 0.389 e. The zero-order valence-corrected chi connectivity index (χ0v) is 18.6. The minimum atomic E-state index is -4.57. The van der Waals surface area contributed by atoms with E-state index < -0.39 is 57.3 Å². The van der Waals surface area contributed by atoms with Gasteiger partial charge in [0.2, 0.25) is 0 Å². The molecule has 1 amide bonds. The van der Waals surface area contributed by atoms with Crippen LogP contribution in [-0.2, 0) is 6.18 Å². The molecule has 4 rings (SSSR count). The van der Waals surface area contributed by atoms with E-state index in [2.05, 4.69) is 10.4 Å². The minimum Gasteiger partial charge on any atom is -0.389 e. The first kappa shape index (κ1) is 24.9. The maximum Gasteiger partial charge on any atom is 0.416 e. The summed E-state index contributed by atoms with van der Waals surface area (Å²) in [6.45, 7) is 0. The largest absolute Gasteiger partial charge is 0.416 e. The van der Waals surface area contributed by atoms with Gasteiger partial charge >= 0.3 is 6.18 Å². The van der Waals surface area contributed by atoms with Crippen LogP contribution < -0.4 is 10.9 Å². The molecule has 8 nitrogen and oxygen atoms in total. The summed E-state index contributed by atoms with van der Waals surface area (Å²) in [6, 6.07) is 8.65. The molecule has 0 unspecified atom stereocenters. The maximum absolute atomic E-state index is 13.8. The van der Waals surface area contributed by atoms with Crippen LogP contribution in [0.4, 0.5) is 17.6 Å². The number of benzene rings is 2. The highest BCUT2D eigenvalue weighted by Crippen LogP contribution is 2.45. The van der Waals surface area contributed by atoms with Gasteiger partial charge in [-0.1, -0.05) is 18.2 Å². The minimum absolute atomic E-state index is 0.0344. The molecule has 35 heavy (non-hydrogen) atoms. The molecule has 1 fully saturated rings. The first-order valence-electron chi connectivity index (χ1n) is 10.1. The maximum atomic E-state index is 13.8. The van der Waals surface area contributed by atoms with Crippen LogP contribution in [0.15, 0.2) is 59.4 Å². The van der Waals surface area contributed by atoms with Crippen molar-refractivity contribution in [2.45, 2.75) is 18.3 Å². The van der Waals surface area contributed by atoms with Crippen molar-refractivity contribution in [3.63, 3.8) is 0 Å². The second-order valence-electron chi connectivity index (χ2n) is 8.00. The van der Waals surface area contributed by atoms with E-state index in [4.69, 9.17) is 0 Å². The van der Waals surface area contributed by atoms with Crippen LogP contribution in [0.5, 0.6) is 0 Å². The van der Waals surface area contributed by atoms with Gasteiger partial charge in [0.15, 0.2) is 0 Å². The van der Waals surface area contributed by atoms with Gasteiger partial charge < -0.3 is 10.4 Å². The lowest BCUT2D eigenvalue weighted by Crippen LogP contribution is -2.44. The number of halogens is 4. The standard InChI is InChI=1S/C22H19F4N3O5S/c23-14-2-1-3-15(8-14)29-21(32)16(20(31)27-18-10-35(33,34)11-19(18)30)9-17(28-29)12-4-6-13(7-5-12)22(24,25)26/h1-9,18-19,30,33-34H,10-11H2,(H,27,31)/t18-,19+/m1/s1. The van der Waals surface area contributed by atoms with Crippen LogP contribution in [0.2, 0.25) is 0 Å². The molecular formula is C22H19F4N3O5S. The lowest BCUT2D eigenvalue weighted by molar-refractivity contribution is -0.137. The fourth-order valence-electron chi connectivity index (χ4n) is 3.65. The molecule has 1 aliphatic rings. The van der Waals surface area contributed by atoms with E-state index in [1.807, 2.05) is 0 Å². The normalized spacial score (nSPS) is 20.4. The van der Waals surface area contributed by atoms with E-state index in [0.717, 1.165) is 47.1 Å². The van der Waals surface area contributed by atoms with Crippen molar-refractivity contribution in [3.05, 3.63) is 81.9 Å². The molecule has 13 heteroatoms. The van der Waals surface area contributed by atoms with Gasteiger partial charge in [-0.15, -0.1) is 0 Å². The molecule has 0 radical (unpaired) electrons. The van der Waals surface area contributed by atoms with Crippen LogP contribution in [-0.4, -0.2) is 53.6 Å². The number of aromatic nitrogens is 2. The van der Waals surface area contributed by atoms with Crippen LogP contribution in [0.25, 0.3) is 16.9 Å². The summed E-state index contributed by atoms with van der Waals surface area (Å²) in [4.78, 5) is 26.0. The molecular weight excluding hydrogens is 494 g/mol. The third-order valence-corrected chi connectivity index (χ3v) is 7.15. The number of alkyl halides is 3. The fourth-order valence-corrected chi connectivity index (χ4v) is 5.45. The molecule has 186 valence electrons. The van der Waals surface area contributed by atoms with E-state index in [0.29, 0.717) is 0 Å². The van der Waals surface area contributed by atoms with Gasteiger partial charge in [-0.2, -0.15) is 33.5 Å². The van der Waals surface area contributed by atoms with Gasteiger partial charge in [-0.05, 0) is 36.4 Å². The number of hydrogen-bond acceptors (Lipinski definition) is 6. The molecule has 2 aromatic carbocycles. The Kier molecular flexibility index (Phi) is 6.44. The van der Waals surface area contributed by atoms with E-state index in [-0.39, 0.29) is 28.5 Å². The Morgan fingerprint density at radius 1 is 1.09 bits per heavy atom. The number of nitrogens with one attached hydrogen (secondary N) is 1. The van der Waals surface area contributed by atoms with Gasteiger partial charge in [0.05, 0.1) is 40.6 Å². The van der Waals surface area contributed by atoms with E-state index in [9.17, 15) is 41.4 Å². The van der Waals surface area contributed by atoms with Gasteiger partial charge in [0.25, 0.3) is 11.5 Å². The van der Waals surface area contributed by atoms with E-state index in [1.54, 1.807) is 0 Å². The summed E-state index contributed by atoms with van der Waals surface area (Å²) < 4.78 is 73.0. The van der Waals surface area contributed by atoms with Crippen molar-refractivity contribution >= 4 is 16.5 Å². The molecule has 2 heterocycles. The number of hydrogen-bond donors (Lipinski definition) is 4. The molecule has 3 aromatic rings. The van der Waals surface area contributed by atoms with E-state index >= 15 is 0 Å². The van der Waals surface area contributed by atoms with Crippen LogP contribution in [0.3, 0.4) is 0 Å². The van der Waals surface area contributed by atoms with Crippen molar-refractivity contribution in [3.8, 4) is 16.9 Å². The predicted molar refractivity (Wildman–Crippen MR) is 120 cm³/mol. The topological polar surface area (TPSA) is 125 Å². The average Bonchev–Trinajstić information content (AvgIpc) is 3.04. The zero-order chi connectivity index (χ0) is 25.5. The predicted octanol–water partition coefficient (Wildman–Crippen LogP) is 3.28. The fraction of sp³-hybridized carbons (Fsp3) is 0.227.